The van der Waals surface area contributed by atoms with Crippen molar-refractivity contribution in [2.75, 3.05) is 0 Å². The molecule has 8 aromatic carbocycles. The Bertz CT molecular complexity index is 3410. The molecule has 1 aliphatic rings. The first-order valence-corrected chi connectivity index (χ1v) is 21.2. The van der Waals surface area contributed by atoms with Crippen molar-refractivity contribution < 1.29 is 0 Å². The van der Waals surface area contributed by atoms with Crippen LogP contribution in [0, 0.1) is 0 Å². The zero-order valence-electron chi connectivity index (χ0n) is 32.2. The van der Waals surface area contributed by atoms with Gasteiger partial charge in [0.2, 0.25) is 0 Å². The Morgan fingerprint density at radius 1 is 0.407 bits per heavy atom. The number of aromatic nitrogens is 3. The molecule has 0 aliphatic heterocycles. The molecule has 0 unspecified atom stereocenters. The first-order valence-electron chi connectivity index (χ1n) is 20.3. The summed E-state index contributed by atoms with van der Waals surface area (Å²) in [5, 5.41) is 5.07. The molecule has 0 atom stereocenters. The summed E-state index contributed by atoms with van der Waals surface area (Å²) < 4.78 is 7.27. The van der Waals surface area contributed by atoms with Crippen molar-refractivity contribution in [3.63, 3.8) is 0 Å². The van der Waals surface area contributed by atoms with Gasteiger partial charge in [0.1, 0.15) is 5.82 Å². The van der Waals surface area contributed by atoms with Gasteiger partial charge in [0, 0.05) is 47.9 Å². The van der Waals surface area contributed by atoms with Gasteiger partial charge in [0.25, 0.3) is 0 Å². The smallest absolute Gasteiger partial charge is 0.145 e. The van der Waals surface area contributed by atoms with Crippen LogP contribution in [0.15, 0.2) is 200 Å². The van der Waals surface area contributed by atoms with Gasteiger partial charge in [0.05, 0.1) is 22.1 Å². The molecule has 12 rings (SSSR count). The molecule has 3 aromatic heterocycles. The monoisotopic (exact) mass is 771 g/mol. The average Bonchev–Trinajstić information content (AvgIpc) is 3.98. The minimum absolute atomic E-state index is 0.924. The standard InChI is InChI=1S/C55H37N3S/c1-3-13-36(14-4-1)40-31-41(37-15-5-2-6-16-37)33-42(32-40)38-23-27-44(28-24-38)58-52-34-48-47-19-9-12-22-53(47)59-54(48)35-49(52)56-55(58)39-25-29-43(30-26-39)57-50-20-10-7-17-45(50)46-18-8-11-21-51(46)57/h1,3-5,7-35H,2,6H2. The third kappa shape index (κ3) is 5.67. The predicted molar refractivity (Wildman–Crippen MR) is 251 cm³/mol. The first-order chi connectivity index (χ1) is 29.2. The van der Waals surface area contributed by atoms with Gasteiger partial charge in [-0.15, -0.1) is 11.3 Å². The maximum Gasteiger partial charge on any atom is 0.145 e. The molecule has 278 valence electrons. The number of nitrogens with zero attached hydrogens (tertiary/aromatic N) is 3. The Labute approximate surface area is 346 Å². The number of fused-ring (bicyclic) bond motifs is 7. The van der Waals surface area contributed by atoms with E-state index in [0.717, 1.165) is 46.6 Å². The Morgan fingerprint density at radius 3 is 1.69 bits per heavy atom. The van der Waals surface area contributed by atoms with Crippen molar-refractivity contribution >= 4 is 69.9 Å². The summed E-state index contributed by atoms with van der Waals surface area (Å²) in [6.45, 7) is 0. The van der Waals surface area contributed by atoms with Crippen LogP contribution in [0.5, 0.6) is 0 Å². The Hall–Kier alpha value is -7.27. The number of hydrogen-bond donors (Lipinski definition) is 0. The van der Waals surface area contributed by atoms with E-state index in [4.69, 9.17) is 4.98 Å². The first kappa shape index (κ1) is 33.8. The van der Waals surface area contributed by atoms with E-state index in [1.165, 1.54) is 75.4 Å². The number of para-hydroxylation sites is 2. The van der Waals surface area contributed by atoms with Crippen LogP contribution in [-0.2, 0) is 0 Å². The summed E-state index contributed by atoms with van der Waals surface area (Å²) in [6, 6.07) is 66.4. The van der Waals surface area contributed by atoms with Crippen LogP contribution in [0.4, 0.5) is 0 Å². The number of benzene rings is 8. The zero-order chi connectivity index (χ0) is 38.9. The second-order valence-corrected chi connectivity index (χ2v) is 16.6. The number of allylic oxidation sites excluding steroid dienone is 4. The summed E-state index contributed by atoms with van der Waals surface area (Å²) in [7, 11) is 0. The Kier molecular flexibility index (Phi) is 7.85. The Balaban J connectivity index is 1.01. The summed E-state index contributed by atoms with van der Waals surface area (Å²) in [5.41, 5.74) is 15.1. The minimum atomic E-state index is 0.924. The van der Waals surface area contributed by atoms with Gasteiger partial charge in [-0.1, -0.05) is 115 Å². The van der Waals surface area contributed by atoms with Gasteiger partial charge in [-0.25, -0.2) is 4.98 Å². The SMILES string of the molecule is C1=CC(c2cc(-c3ccccc3)cc(-c3ccc(-n4c(-c5ccc(-n6c7ccccc7c7ccccc76)cc5)nc5cc6sc7ccccc7c6cc54)cc3)c2)=CCC1. The molecule has 1 aliphatic carbocycles. The van der Waals surface area contributed by atoms with Gasteiger partial charge in [-0.05, 0) is 131 Å². The van der Waals surface area contributed by atoms with E-state index in [9.17, 15) is 0 Å². The lowest BCUT2D eigenvalue weighted by molar-refractivity contribution is 1.04. The fourth-order valence-corrected chi connectivity index (χ4v) is 10.2. The van der Waals surface area contributed by atoms with Crippen LogP contribution in [0.25, 0.3) is 104 Å². The van der Waals surface area contributed by atoms with Gasteiger partial charge >= 0.3 is 0 Å². The lowest BCUT2D eigenvalue weighted by Gasteiger charge is -2.15. The van der Waals surface area contributed by atoms with Crippen molar-refractivity contribution in [3.05, 3.63) is 206 Å². The number of rotatable bonds is 6. The largest absolute Gasteiger partial charge is 0.309 e. The van der Waals surface area contributed by atoms with Gasteiger partial charge in [-0.3, -0.25) is 4.57 Å². The molecule has 4 heteroatoms. The fraction of sp³-hybridized carbons (Fsp3) is 0.0364. The highest BCUT2D eigenvalue weighted by Crippen LogP contribution is 2.40. The molecule has 0 amide bonds. The molecule has 0 spiro atoms. The molecule has 59 heavy (non-hydrogen) atoms. The third-order valence-electron chi connectivity index (χ3n) is 11.9. The maximum atomic E-state index is 5.41. The molecule has 0 radical (unpaired) electrons. The van der Waals surface area contributed by atoms with Crippen LogP contribution in [0.2, 0.25) is 0 Å². The molecule has 3 heterocycles. The molecular weight excluding hydrogens is 735 g/mol. The van der Waals surface area contributed by atoms with E-state index in [1.807, 2.05) is 11.3 Å². The predicted octanol–water partition coefficient (Wildman–Crippen LogP) is 15.2. The van der Waals surface area contributed by atoms with Crippen molar-refractivity contribution in [3.8, 4) is 45.0 Å². The molecule has 0 N–H and O–H groups in total. The van der Waals surface area contributed by atoms with E-state index < -0.39 is 0 Å². The lowest BCUT2D eigenvalue weighted by Crippen LogP contribution is -1.99. The van der Waals surface area contributed by atoms with Crippen LogP contribution < -0.4 is 0 Å². The molecular formula is C55H37N3S. The molecule has 3 nitrogen and oxygen atoms in total. The van der Waals surface area contributed by atoms with Crippen LogP contribution in [-0.4, -0.2) is 14.1 Å². The maximum absolute atomic E-state index is 5.41. The summed E-state index contributed by atoms with van der Waals surface area (Å²) >= 11 is 1.84. The Morgan fingerprint density at radius 2 is 1.00 bits per heavy atom. The molecule has 0 bridgehead atoms. The normalized spacial score (nSPS) is 13.0. The summed E-state index contributed by atoms with van der Waals surface area (Å²) in [5.74, 6) is 0.924. The van der Waals surface area contributed by atoms with Gasteiger partial charge < -0.3 is 4.57 Å². The highest BCUT2D eigenvalue weighted by molar-refractivity contribution is 7.25. The van der Waals surface area contributed by atoms with Gasteiger partial charge in [0.15, 0.2) is 0 Å². The quantitative estimate of drug-likeness (QED) is 0.165. The molecule has 11 aromatic rings. The molecule has 0 fully saturated rings. The van der Waals surface area contributed by atoms with E-state index in [-0.39, 0.29) is 0 Å². The number of imidazole rings is 1. The topological polar surface area (TPSA) is 22.8 Å². The second kappa shape index (κ2) is 13.7. The highest BCUT2D eigenvalue weighted by atomic mass is 32.1. The van der Waals surface area contributed by atoms with E-state index >= 15 is 0 Å². The molecule has 0 saturated carbocycles. The van der Waals surface area contributed by atoms with E-state index in [0.29, 0.717) is 0 Å². The van der Waals surface area contributed by atoms with E-state index in [1.54, 1.807) is 0 Å². The highest BCUT2D eigenvalue weighted by Gasteiger charge is 2.19. The average molecular weight is 772 g/mol. The third-order valence-corrected chi connectivity index (χ3v) is 13.1. The van der Waals surface area contributed by atoms with Crippen molar-refractivity contribution in [2.24, 2.45) is 0 Å². The van der Waals surface area contributed by atoms with Gasteiger partial charge in [-0.2, -0.15) is 0 Å². The van der Waals surface area contributed by atoms with E-state index in [2.05, 4.69) is 209 Å². The molecule has 0 saturated heterocycles. The van der Waals surface area contributed by atoms with Crippen molar-refractivity contribution in [2.45, 2.75) is 12.8 Å². The summed E-state index contributed by atoms with van der Waals surface area (Å²) in [6.07, 6.45) is 9.10. The number of thiophene rings is 1. The van der Waals surface area contributed by atoms with Crippen LogP contribution >= 0.6 is 11.3 Å². The number of hydrogen-bond acceptors (Lipinski definition) is 2. The fourth-order valence-electron chi connectivity index (χ4n) is 9.10. The van der Waals surface area contributed by atoms with Crippen molar-refractivity contribution in [1.82, 2.24) is 14.1 Å². The van der Waals surface area contributed by atoms with Crippen LogP contribution in [0.1, 0.15) is 18.4 Å². The second-order valence-electron chi connectivity index (χ2n) is 15.5. The van der Waals surface area contributed by atoms with Crippen LogP contribution in [0.3, 0.4) is 0 Å². The zero-order valence-corrected chi connectivity index (χ0v) is 33.0. The van der Waals surface area contributed by atoms with Crippen molar-refractivity contribution in [1.29, 1.82) is 0 Å². The summed E-state index contributed by atoms with van der Waals surface area (Å²) in [4.78, 5) is 5.41. The minimum Gasteiger partial charge on any atom is -0.309 e. The lowest BCUT2D eigenvalue weighted by atomic mass is 9.91.